The highest BCUT2D eigenvalue weighted by molar-refractivity contribution is 7.92. The summed E-state index contributed by atoms with van der Waals surface area (Å²) in [7, 11) is -0.549. The Bertz CT molecular complexity index is 935. The van der Waals surface area contributed by atoms with Crippen molar-refractivity contribution in [1.82, 2.24) is 4.90 Å². The molecule has 1 amide bonds. The molecule has 146 valence electrons. The number of nitrogens with zero attached hydrogens (tertiary/aromatic N) is 2. The van der Waals surface area contributed by atoms with Gasteiger partial charge in [-0.2, -0.15) is 0 Å². The van der Waals surface area contributed by atoms with E-state index in [0.717, 1.165) is 16.1 Å². The molecule has 0 fully saturated rings. The van der Waals surface area contributed by atoms with Gasteiger partial charge in [0.05, 0.1) is 29.1 Å². The van der Waals surface area contributed by atoms with Crippen molar-refractivity contribution in [3.63, 3.8) is 0 Å². The molecule has 0 aliphatic heterocycles. The van der Waals surface area contributed by atoms with Crippen molar-refractivity contribution in [2.24, 2.45) is 0 Å². The fourth-order valence-corrected chi connectivity index (χ4v) is 3.59. The molecule has 9 heteroatoms. The Morgan fingerprint density at radius 2 is 1.78 bits per heavy atom. The lowest BCUT2D eigenvalue weighted by Gasteiger charge is -2.25. The van der Waals surface area contributed by atoms with Crippen LogP contribution in [0.25, 0.3) is 0 Å². The number of carbonyl (C=O) groups excluding carboxylic acids is 1. The molecule has 0 aliphatic rings. The molecule has 0 spiro atoms. The number of ether oxygens (including phenoxy) is 1. The van der Waals surface area contributed by atoms with Crippen LogP contribution in [0.5, 0.6) is 5.75 Å². The number of methoxy groups -OCH3 is 1. The van der Waals surface area contributed by atoms with Gasteiger partial charge in [-0.25, -0.2) is 8.42 Å². The molecule has 27 heavy (non-hydrogen) atoms. The van der Waals surface area contributed by atoms with E-state index in [-0.39, 0.29) is 29.7 Å². The molecule has 0 N–H and O–H groups in total. The number of hydrogen-bond acceptors (Lipinski definition) is 4. The lowest BCUT2D eigenvalue weighted by molar-refractivity contribution is -0.128. The Balaban J connectivity index is 2.21. The van der Waals surface area contributed by atoms with Crippen LogP contribution in [0, 0.1) is 0 Å². The van der Waals surface area contributed by atoms with E-state index in [0.29, 0.717) is 10.8 Å². The molecular formula is C18H20Cl2N2O4S. The van der Waals surface area contributed by atoms with Crippen molar-refractivity contribution < 1.29 is 17.9 Å². The summed E-state index contributed by atoms with van der Waals surface area (Å²) in [5.74, 6) is 0.277. The first-order chi connectivity index (χ1) is 12.6. The molecule has 0 heterocycles. The zero-order valence-corrected chi connectivity index (χ0v) is 17.5. The topological polar surface area (TPSA) is 66.9 Å². The highest BCUT2D eigenvalue weighted by Crippen LogP contribution is 2.28. The molecule has 0 bridgehead atoms. The van der Waals surface area contributed by atoms with Gasteiger partial charge < -0.3 is 9.64 Å². The summed E-state index contributed by atoms with van der Waals surface area (Å²) in [6, 6.07) is 11.7. The highest BCUT2D eigenvalue weighted by atomic mass is 35.5. The average Bonchev–Trinajstić information content (AvgIpc) is 2.61. The zero-order chi connectivity index (χ0) is 20.2. The molecule has 0 unspecified atom stereocenters. The van der Waals surface area contributed by atoms with Gasteiger partial charge in [0.25, 0.3) is 0 Å². The number of halogens is 2. The summed E-state index contributed by atoms with van der Waals surface area (Å²) in [4.78, 5) is 14.1. The minimum absolute atomic E-state index is 0.206. The van der Waals surface area contributed by atoms with Gasteiger partial charge in [0.15, 0.2) is 0 Å². The van der Waals surface area contributed by atoms with Crippen molar-refractivity contribution in [3.05, 3.63) is 58.1 Å². The first kappa shape index (κ1) is 21.3. The Kier molecular flexibility index (Phi) is 6.97. The van der Waals surface area contributed by atoms with Crippen LogP contribution in [0.1, 0.15) is 5.56 Å². The molecule has 2 aromatic rings. The number of carbonyl (C=O) groups is 1. The van der Waals surface area contributed by atoms with Crippen LogP contribution in [0.15, 0.2) is 42.5 Å². The maximum Gasteiger partial charge on any atom is 0.243 e. The Morgan fingerprint density at radius 1 is 1.11 bits per heavy atom. The van der Waals surface area contributed by atoms with E-state index >= 15 is 0 Å². The fraction of sp³-hybridized carbons (Fsp3) is 0.278. The fourth-order valence-electron chi connectivity index (χ4n) is 2.46. The van der Waals surface area contributed by atoms with E-state index in [2.05, 4.69) is 0 Å². The largest absolute Gasteiger partial charge is 0.496 e. The van der Waals surface area contributed by atoms with Crippen LogP contribution < -0.4 is 9.04 Å². The molecule has 0 saturated carbocycles. The van der Waals surface area contributed by atoms with Crippen LogP contribution >= 0.6 is 23.2 Å². The van der Waals surface area contributed by atoms with Crippen molar-refractivity contribution in [3.8, 4) is 5.75 Å². The molecule has 2 rings (SSSR count). The van der Waals surface area contributed by atoms with Gasteiger partial charge in [0.1, 0.15) is 12.3 Å². The molecule has 0 aromatic heterocycles. The second-order valence-electron chi connectivity index (χ2n) is 5.93. The maximum atomic E-state index is 12.6. The Morgan fingerprint density at radius 3 is 2.37 bits per heavy atom. The van der Waals surface area contributed by atoms with E-state index in [1.807, 2.05) is 18.2 Å². The normalized spacial score (nSPS) is 11.1. The van der Waals surface area contributed by atoms with Crippen LogP contribution in [0.2, 0.25) is 10.0 Å². The molecule has 2 aromatic carbocycles. The third-order valence-corrected chi connectivity index (χ3v) is 5.78. The third kappa shape index (κ3) is 5.51. The van der Waals surface area contributed by atoms with Gasteiger partial charge in [0.2, 0.25) is 15.9 Å². The van der Waals surface area contributed by atoms with E-state index < -0.39 is 10.0 Å². The van der Waals surface area contributed by atoms with E-state index in [9.17, 15) is 13.2 Å². The van der Waals surface area contributed by atoms with Gasteiger partial charge in [-0.3, -0.25) is 9.10 Å². The molecule has 6 nitrogen and oxygen atoms in total. The Labute approximate surface area is 169 Å². The predicted molar refractivity (Wildman–Crippen MR) is 108 cm³/mol. The summed E-state index contributed by atoms with van der Waals surface area (Å²) < 4.78 is 30.7. The van der Waals surface area contributed by atoms with Gasteiger partial charge in [-0.15, -0.1) is 0 Å². The number of amides is 1. The van der Waals surface area contributed by atoms with Crippen molar-refractivity contribution in [2.45, 2.75) is 6.54 Å². The van der Waals surface area contributed by atoms with E-state index in [4.69, 9.17) is 27.9 Å². The van der Waals surface area contributed by atoms with Crippen molar-refractivity contribution in [1.29, 1.82) is 0 Å². The first-order valence-electron chi connectivity index (χ1n) is 7.92. The monoisotopic (exact) mass is 430 g/mol. The summed E-state index contributed by atoms with van der Waals surface area (Å²) >= 11 is 11.9. The highest BCUT2D eigenvalue weighted by Gasteiger charge is 2.23. The third-order valence-electron chi connectivity index (χ3n) is 3.90. The maximum absolute atomic E-state index is 12.6. The Hall–Kier alpha value is -1.96. The van der Waals surface area contributed by atoms with Gasteiger partial charge in [-0.05, 0) is 24.3 Å². The van der Waals surface area contributed by atoms with Crippen molar-refractivity contribution in [2.75, 3.05) is 31.3 Å². The van der Waals surface area contributed by atoms with Gasteiger partial charge in [0, 0.05) is 19.2 Å². The predicted octanol–water partition coefficient (Wildman–Crippen LogP) is 3.43. The number of likely N-dealkylation sites (N-methyl/N-ethyl adjacent to an activating group) is 1. The minimum Gasteiger partial charge on any atom is -0.496 e. The summed E-state index contributed by atoms with van der Waals surface area (Å²) in [6.07, 6.45) is 1.03. The van der Waals surface area contributed by atoms with Crippen LogP contribution in [-0.4, -0.2) is 46.2 Å². The number of benzene rings is 2. The number of anilines is 1. The molecular weight excluding hydrogens is 411 g/mol. The first-order valence-corrected chi connectivity index (χ1v) is 10.5. The number of rotatable bonds is 7. The quantitative estimate of drug-likeness (QED) is 0.674. The second-order valence-corrected chi connectivity index (χ2v) is 8.65. The number of sulfonamides is 1. The summed E-state index contributed by atoms with van der Waals surface area (Å²) in [6.45, 7) is -0.0791. The molecule has 0 radical (unpaired) electrons. The standard InChI is InChI=1S/C18H20Cl2N2O4S/c1-21(11-13-6-4-5-7-17(13)26-2)18(23)12-22(27(3,24)25)14-8-9-15(19)16(20)10-14/h4-10H,11-12H2,1-3H3. The summed E-state index contributed by atoms with van der Waals surface area (Å²) in [5, 5.41) is 0.506. The van der Waals surface area contributed by atoms with Crippen LogP contribution in [0.4, 0.5) is 5.69 Å². The number of para-hydroxylation sites is 1. The number of hydrogen-bond donors (Lipinski definition) is 0. The summed E-state index contributed by atoms with van der Waals surface area (Å²) in [5.41, 5.74) is 1.09. The SMILES string of the molecule is COc1ccccc1CN(C)C(=O)CN(c1ccc(Cl)c(Cl)c1)S(C)(=O)=O. The lowest BCUT2D eigenvalue weighted by atomic mass is 10.2. The molecule has 0 aliphatic carbocycles. The van der Waals surface area contributed by atoms with Crippen LogP contribution in [0.3, 0.4) is 0 Å². The molecule has 0 saturated heterocycles. The van der Waals surface area contributed by atoms with Gasteiger partial charge in [-0.1, -0.05) is 41.4 Å². The molecule has 0 atom stereocenters. The second kappa shape index (κ2) is 8.82. The van der Waals surface area contributed by atoms with Crippen molar-refractivity contribution >= 4 is 44.8 Å². The lowest BCUT2D eigenvalue weighted by Crippen LogP contribution is -2.41. The van der Waals surface area contributed by atoms with Crippen LogP contribution in [-0.2, 0) is 21.4 Å². The van der Waals surface area contributed by atoms with E-state index in [1.165, 1.54) is 23.1 Å². The smallest absolute Gasteiger partial charge is 0.243 e. The average molecular weight is 431 g/mol. The van der Waals surface area contributed by atoms with E-state index in [1.54, 1.807) is 20.2 Å². The zero-order valence-electron chi connectivity index (χ0n) is 15.1. The minimum atomic E-state index is -3.70. The van der Waals surface area contributed by atoms with Gasteiger partial charge >= 0.3 is 0 Å².